The monoisotopic (exact) mass is 654 g/mol. The first-order chi connectivity index (χ1) is 18.7. The minimum absolute atomic E-state index is 0.0452. The van der Waals surface area contributed by atoms with Gasteiger partial charge in [0.05, 0.1) is 29.9 Å². The number of ether oxygens (including phenoxy) is 2. The van der Waals surface area contributed by atoms with Crippen LogP contribution in [0.3, 0.4) is 0 Å². The average Bonchev–Trinajstić information content (AvgIpc) is 3.78. The molecule has 0 aliphatic heterocycles. The van der Waals surface area contributed by atoms with Gasteiger partial charge in [0.15, 0.2) is 11.5 Å². The van der Waals surface area contributed by atoms with Crippen molar-refractivity contribution in [3.63, 3.8) is 0 Å². The highest BCUT2D eigenvalue weighted by Gasteiger charge is 2.44. The molecule has 9 nitrogen and oxygen atoms in total. The molecule has 0 bridgehead atoms. The lowest BCUT2D eigenvalue weighted by Crippen LogP contribution is -2.55. The van der Waals surface area contributed by atoms with Gasteiger partial charge in [0, 0.05) is 31.0 Å². The van der Waals surface area contributed by atoms with E-state index < -0.39 is 30.0 Å². The third kappa shape index (κ3) is 7.07. The van der Waals surface area contributed by atoms with E-state index in [0.717, 1.165) is 12.8 Å². The maximum atomic E-state index is 13.5. The second-order valence-corrected chi connectivity index (χ2v) is 10.8. The van der Waals surface area contributed by atoms with Crippen molar-refractivity contribution in [1.82, 2.24) is 10.2 Å². The van der Waals surface area contributed by atoms with Gasteiger partial charge < -0.3 is 35.0 Å². The molecule has 4 rings (SSSR count). The maximum absolute atomic E-state index is 13.5. The Morgan fingerprint density at radius 3 is 2.49 bits per heavy atom. The number of benzene rings is 2. The second kappa shape index (κ2) is 13.1. The van der Waals surface area contributed by atoms with Crippen LogP contribution >= 0.6 is 22.6 Å². The Labute approximate surface area is 239 Å². The summed E-state index contributed by atoms with van der Waals surface area (Å²) in [7, 11) is 1.46. The highest BCUT2D eigenvalue weighted by molar-refractivity contribution is 14.1. The zero-order valence-corrected chi connectivity index (χ0v) is 23.6. The quantitative estimate of drug-likeness (QED) is 0.274. The molecule has 210 valence electrons. The number of nitrogens with zero attached hydrogens (tertiary/aromatic N) is 1. The van der Waals surface area contributed by atoms with E-state index in [-0.39, 0.29) is 44.5 Å². The molecule has 0 unspecified atom stereocenters. The van der Waals surface area contributed by atoms with Crippen molar-refractivity contribution in [2.45, 2.75) is 50.7 Å². The number of carbonyl (C=O) groups excluding carboxylic acids is 2. The standard InChI is InChI=1S/C28H32FIN2O7/c1-38-24-11-17(15-34)10-21(30)26(24)39-23-13-19(27(36)31-8-9-33)12-22(25(23)35)32(28(37)18-4-5-18)14-16-2-6-20(29)7-3-16/h2-3,6-7,10-11,13,18,22-23,25,33-35H,4-5,8-9,12,14-15H2,1H3,(H,31,36)/t22-,23+,25+/m1/s1. The molecule has 0 spiro atoms. The Kier molecular flexibility index (Phi) is 9.81. The molecule has 1 saturated carbocycles. The summed E-state index contributed by atoms with van der Waals surface area (Å²) < 4.78 is 25.9. The lowest BCUT2D eigenvalue weighted by Gasteiger charge is -2.41. The minimum Gasteiger partial charge on any atom is -0.493 e. The van der Waals surface area contributed by atoms with Crippen LogP contribution in [0, 0.1) is 15.3 Å². The summed E-state index contributed by atoms with van der Waals surface area (Å²) >= 11 is 2.04. The molecule has 3 atom stereocenters. The lowest BCUT2D eigenvalue weighted by molar-refractivity contribution is -0.140. The fourth-order valence-corrected chi connectivity index (χ4v) is 5.40. The number of carbonyl (C=O) groups is 2. The number of hydrogen-bond donors (Lipinski definition) is 4. The number of rotatable bonds is 11. The summed E-state index contributed by atoms with van der Waals surface area (Å²) in [4.78, 5) is 28.0. The fourth-order valence-electron chi connectivity index (χ4n) is 4.60. The molecule has 1 fully saturated rings. The molecule has 0 radical (unpaired) electrons. The van der Waals surface area contributed by atoms with Gasteiger partial charge in [-0.2, -0.15) is 0 Å². The Balaban J connectivity index is 1.70. The summed E-state index contributed by atoms with van der Waals surface area (Å²) in [5, 5.41) is 33.0. The topological polar surface area (TPSA) is 129 Å². The van der Waals surface area contributed by atoms with Gasteiger partial charge in [0.2, 0.25) is 11.8 Å². The van der Waals surface area contributed by atoms with E-state index in [4.69, 9.17) is 9.47 Å². The molecular weight excluding hydrogens is 622 g/mol. The first-order valence-electron chi connectivity index (χ1n) is 12.7. The van der Waals surface area contributed by atoms with Crippen LogP contribution in [0.25, 0.3) is 0 Å². The zero-order valence-electron chi connectivity index (χ0n) is 21.5. The van der Waals surface area contributed by atoms with Crippen LogP contribution in [0.5, 0.6) is 11.5 Å². The third-order valence-corrected chi connectivity index (χ3v) is 7.62. The Morgan fingerprint density at radius 1 is 1.15 bits per heavy atom. The summed E-state index contributed by atoms with van der Waals surface area (Å²) in [5.74, 6) is -0.471. The molecule has 2 amide bonds. The Bertz CT molecular complexity index is 1220. The molecule has 4 N–H and O–H groups in total. The number of hydrogen-bond acceptors (Lipinski definition) is 7. The van der Waals surface area contributed by atoms with Gasteiger partial charge in [-0.15, -0.1) is 0 Å². The predicted molar refractivity (Wildman–Crippen MR) is 148 cm³/mol. The van der Waals surface area contributed by atoms with Crippen molar-refractivity contribution in [1.29, 1.82) is 0 Å². The number of nitrogens with one attached hydrogen (secondary N) is 1. The van der Waals surface area contributed by atoms with Crippen molar-refractivity contribution in [3.8, 4) is 11.5 Å². The number of aliphatic hydroxyl groups excluding tert-OH is 3. The summed E-state index contributed by atoms with van der Waals surface area (Å²) in [6.07, 6.45) is 0.849. The van der Waals surface area contributed by atoms with E-state index in [9.17, 15) is 29.3 Å². The first kappa shape index (κ1) is 29.2. The molecule has 39 heavy (non-hydrogen) atoms. The third-order valence-electron chi connectivity index (χ3n) is 6.82. The highest BCUT2D eigenvalue weighted by Crippen LogP contribution is 2.39. The van der Waals surface area contributed by atoms with Crippen molar-refractivity contribution < 1.29 is 38.8 Å². The Hall–Kier alpha value is -2.74. The normalized spacial score (nSPS) is 20.7. The number of amides is 2. The van der Waals surface area contributed by atoms with Gasteiger partial charge in [-0.3, -0.25) is 9.59 Å². The van der Waals surface area contributed by atoms with Crippen molar-refractivity contribution >= 4 is 34.4 Å². The van der Waals surface area contributed by atoms with Crippen LogP contribution < -0.4 is 14.8 Å². The van der Waals surface area contributed by atoms with Crippen LogP contribution in [0.4, 0.5) is 4.39 Å². The molecule has 2 aliphatic carbocycles. The fraction of sp³-hybridized carbons (Fsp3) is 0.429. The van der Waals surface area contributed by atoms with Crippen molar-refractivity contribution in [3.05, 3.63) is 68.6 Å². The number of halogens is 2. The highest BCUT2D eigenvalue weighted by atomic mass is 127. The maximum Gasteiger partial charge on any atom is 0.247 e. The van der Waals surface area contributed by atoms with E-state index in [1.165, 1.54) is 25.3 Å². The van der Waals surface area contributed by atoms with Crippen LogP contribution in [0.1, 0.15) is 30.4 Å². The summed E-state index contributed by atoms with van der Waals surface area (Å²) in [6.45, 7) is -0.267. The van der Waals surface area contributed by atoms with E-state index in [2.05, 4.69) is 5.32 Å². The van der Waals surface area contributed by atoms with Crippen LogP contribution in [0.15, 0.2) is 48.0 Å². The van der Waals surface area contributed by atoms with E-state index in [1.54, 1.807) is 29.2 Å². The van der Waals surface area contributed by atoms with Gasteiger partial charge >= 0.3 is 0 Å². The molecule has 0 heterocycles. The summed E-state index contributed by atoms with van der Waals surface area (Å²) in [6, 6.07) is 8.35. The SMILES string of the molecule is COc1cc(CO)cc(I)c1O[C@H]1C=C(C(=O)NCCO)C[C@@H](N(Cc2ccc(F)cc2)C(=O)C2CC2)[C@@H]1O. The van der Waals surface area contributed by atoms with Gasteiger partial charge in [-0.05, 0) is 76.9 Å². The molecule has 0 aromatic heterocycles. The number of methoxy groups -OCH3 is 1. The van der Waals surface area contributed by atoms with E-state index in [0.29, 0.717) is 31.8 Å². The molecule has 0 saturated heterocycles. The summed E-state index contributed by atoms with van der Waals surface area (Å²) in [5.41, 5.74) is 1.61. The van der Waals surface area contributed by atoms with Crippen LogP contribution in [-0.2, 0) is 22.7 Å². The number of aliphatic hydroxyl groups is 3. The van der Waals surface area contributed by atoms with Gasteiger partial charge in [-0.25, -0.2) is 4.39 Å². The van der Waals surface area contributed by atoms with E-state index >= 15 is 0 Å². The molecule has 2 aliphatic rings. The molecule has 2 aromatic rings. The van der Waals surface area contributed by atoms with Crippen LogP contribution in [0.2, 0.25) is 0 Å². The lowest BCUT2D eigenvalue weighted by atomic mass is 9.87. The first-order valence-corrected chi connectivity index (χ1v) is 13.8. The Morgan fingerprint density at radius 2 is 1.87 bits per heavy atom. The minimum atomic E-state index is -1.21. The average molecular weight is 654 g/mol. The second-order valence-electron chi connectivity index (χ2n) is 9.65. The van der Waals surface area contributed by atoms with Gasteiger partial charge in [-0.1, -0.05) is 12.1 Å². The molecular formula is C28H32FIN2O7. The molecule has 11 heteroatoms. The predicted octanol–water partition coefficient (Wildman–Crippen LogP) is 2.29. The van der Waals surface area contributed by atoms with Crippen molar-refractivity contribution in [2.24, 2.45) is 5.92 Å². The van der Waals surface area contributed by atoms with Gasteiger partial charge in [0.1, 0.15) is 18.0 Å². The van der Waals surface area contributed by atoms with Crippen LogP contribution in [-0.4, -0.2) is 70.5 Å². The zero-order chi connectivity index (χ0) is 28.1. The molecule has 2 aromatic carbocycles. The van der Waals surface area contributed by atoms with E-state index in [1.807, 2.05) is 22.6 Å². The van der Waals surface area contributed by atoms with Crippen molar-refractivity contribution in [2.75, 3.05) is 20.3 Å². The smallest absolute Gasteiger partial charge is 0.247 e. The largest absolute Gasteiger partial charge is 0.493 e. The van der Waals surface area contributed by atoms with Gasteiger partial charge in [0.25, 0.3) is 0 Å².